The summed E-state index contributed by atoms with van der Waals surface area (Å²) >= 11 is 13.9. The van der Waals surface area contributed by atoms with Crippen molar-refractivity contribution in [1.29, 1.82) is 0 Å². The summed E-state index contributed by atoms with van der Waals surface area (Å²) in [6, 6.07) is 20.8. The number of halogens is 2. The van der Waals surface area contributed by atoms with Gasteiger partial charge >= 0.3 is 0 Å². The number of carbonyl (C=O) groups excluding carboxylic acids is 1. The van der Waals surface area contributed by atoms with Gasteiger partial charge in [0.2, 0.25) is 0 Å². The zero-order chi connectivity index (χ0) is 24.2. The predicted octanol–water partition coefficient (Wildman–Crippen LogP) is 6.53. The van der Waals surface area contributed by atoms with Gasteiger partial charge in [0, 0.05) is 12.1 Å². The van der Waals surface area contributed by atoms with Crippen LogP contribution in [0.5, 0.6) is 11.5 Å². The Morgan fingerprint density at radius 1 is 1.06 bits per heavy atom. The van der Waals surface area contributed by atoms with Crippen molar-refractivity contribution < 1.29 is 14.3 Å². The Hall–Kier alpha value is -2.62. The Balaban J connectivity index is 1.64. The van der Waals surface area contributed by atoms with Crippen LogP contribution in [0, 0.1) is 3.57 Å². The van der Waals surface area contributed by atoms with E-state index in [0.717, 1.165) is 20.4 Å². The van der Waals surface area contributed by atoms with Crippen molar-refractivity contribution in [1.82, 2.24) is 4.90 Å². The summed E-state index contributed by atoms with van der Waals surface area (Å²) in [6.45, 7) is 2.76. The van der Waals surface area contributed by atoms with Crippen LogP contribution in [-0.4, -0.2) is 29.6 Å². The molecule has 1 amide bonds. The molecule has 1 aliphatic heterocycles. The number of nitrogens with zero attached hydrogens (tertiary/aromatic N) is 2. The number of carbonyl (C=O) groups is 1. The van der Waals surface area contributed by atoms with Crippen LogP contribution in [0.4, 0.5) is 5.69 Å². The van der Waals surface area contributed by atoms with Gasteiger partial charge in [-0.2, -0.15) is 0 Å². The van der Waals surface area contributed by atoms with Gasteiger partial charge in [-0.3, -0.25) is 9.69 Å². The summed E-state index contributed by atoms with van der Waals surface area (Å²) in [5.74, 6) is 1.09. The van der Waals surface area contributed by atoms with Gasteiger partial charge < -0.3 is 14.4 Å². The average molecular weight is 605 g/mol. The number of benzene rings is 3. The van der Waals surface area contributed by atoms with Crippen LogP contribution in [0.1, 0.15) is 18.1 Å². The minimum absolute atomic E-state index is 0.173. The predicted molar refractivity (Wildman–Crippen MR) is 148 cm³/mol. The second-order valence-corrected chi connectivity index (χ2v) is 9.49. The number of para-hydroxylation sites is 1. The first-order valence-corrected chi connectivity index (χ1v) is 12.5. The number of likely N-dealkylation sites (N-methyl/N-ethyl adjacent to an activating group) is 1. The van der Waals surface area contributed by atoms with Crippen LogP contribution in [0.25, 0.3) is 6.08 Å². The molecule has 34 heavy (non-hydrogen) atoms. The number of anilines is 1. The zero-order valence-electron chi connectivity index (χ0n) is 18.6. The lowest BCUT2D eigenvalue weighted by Crippen LogP contribution is -2.30. The van der Waals surface area contributed by atoms with Gasteiger partial charge in [-0.15, -0.1) is 0 Å². The van der Waals surface area contributed by atoms with E-state index >= 15 is 0 Å². The zero-order valence-corrected chi connectivity index (χ0v) is 22.4. The van der Waals surface area contributed by atoms with Crippen LogP contribution in [0.2, 0.25) is 5.02 Å². The molecule has 3 aromatic rings. The van der Waals surface area contributed by atoms with Crippen LogP contribution < -0.4 is 14.4 Å². The van der Waals surface area contributed by atoms with E-state index in [9.17, 15) is 4.79 Å². The van der Waals surface area contributed by atoms with Crippen molar-refractivity contribution in [2.75, 3.05) is 18.6 Å². The van der Waals surface area contributed by atoms with E-state index in [1.807, 2.05) is 79.7 Å². The summed E-state index contributed by atoms with van der Waals surface area (Å²) in [7, 11) is 1.80. The van der Waals surface area contributed by atoms with Gasteiger partial charge in [0.15, 0.2) is 16.6 Å². The monoisotopic (exact) mass is 604 g/mol. The van der Waals surface area contributed by atoms with E-state index in [2.05, 4.69) is 22.6 Å². The third kappa shape index (κ3) is 5.21. The van der Waals surface area contributed by atoms with Crippen molar-refractivity contribution in [3.05, 3.63) is 92.1 Å². The van der Waals surface area contributed by atoms with E-state index in [4.69, 9.17) is 33.3 Å². The van der Waals surface area contributed by atoms with Crippen molar-refractivity contribution in [2.45, 2.75) is 13.5 Å². The number of amides is 1. The molecule has 3 aromatic carbocycles. The lowest BCUT2D eigenvalue weighted by molar-refractivity contribution is -0.114. The standard InChI is InChI=1S/C26H22ClIN2O3S/c1-3-32-23-15-18(13-21(28)24(23)33-16-17-8-7-9-19(27)12-17)14-22-25(31)30(26(34)29(22)2)20-10-5-4-6-11-20/h4-15H,3,16H2,1-2H3/b22-14-. The van der Waals surface area contributed by atoms with E-state index in [-0.39, 0.29) is 5.91 Å². The molecule has 174 valence electrons. The van der Waals surface area contributed by atoms with Crippen LogP contribution in [-0.2, 0) is 11.4 Å². The number of ether oxygens (including phenoxy) is 2. The third-order valence-corrected chi connectivity index (χ3v) is 6.68. The molecule has 4 rings (SSSR count). The van der Waals surface area contributed by atoms with Gasteiger partial charge in [0.1, 0.15) is 12.3 Å². The van der Waals surface area contributed by atoms with Gasteiger partial charge in [0.25, 0.3) is 5.91 Å². The Labute approximate surface area is 223 Å². The highest BCUT2D eigenvalue weighted by atomic mass is 127. The topological polar surface area (TPSA) is 42.0 Å². The SMILES string of the molecule is CCOc1cc(/C=C2/C(=O)N(c3ccccc3)C(=S)N2C)cc(I)c1OCc1cccc(Cl)c1. The number of hydrogen-bond donors (Lipinski definition) is 0. The molecule has 1 heterocycles. The molecule has 0 saturated carbocycles. The first-order chi connectivity index (χ1) is 16.4. The molecule has 0 unspecified atom stereocenters. The van der Waals surface area contributed by atoms with E-state index in [1.54, 1.807) is 11.9 Å². The number of thiocarbonyl (C=S) groups is 1. The summed E-state index contributed by atoms with van der Waals surface area (Å²) < 4.78 is 12.9. The average Bonchev–Trinajstić information content (AvgIpc) is 3.02. The van der Waals surface area contributed by atoms with E-state index < -0.39 is 0 Å². The normalized spacial score (nSPS) is 14.8. The summed E-state index contributed by atoms with van der Waals surface area (Å²) in [5, 5.41) is 1.10. The highest BCUT2D eigenvalue weighted by molar-refractivity contribution is 14.1. The maximum atomic E-state index is 13.2. The lowest BCUT2D eigenvalue weighted by Gasteiger charge is -2.16. The molecular weight excluding hydrogens is 583 g/mol. The summed E-state index contributed by atoms with van der Waals surface area (Å²) in [6.07, 6.45) is 1.82. The molecule has 0 spiro atoms. The summed E-state index contributed by atoms with van der Waals surface area (Å²) in [4.78, 5) is 16.5. The fourth-order valence-corrected chi connectivity index (χ4v) is 4.86. The minimum atomic E-state index is -0.173. The molecule has 0 aromatic heterocycles. The van der Waals surface area contributed by atoms with Crippen molar-refractivity contribution in [3.8, 4) is 11.5 Å². The van der Waals surface area contributed by atoms with E-state index in [1.165, 1.54) is 4.90 Å². The molecule has 1 saturated heterocycles. The Morgan fingerprint density at radius 3 is 2.53 bits per heavy atom. The highest BCUT2D eigenvalue weighted by Crippen LogP contribution is 2.36. The smallest absolute Gasteiger partial charge is 0.281 e. The van der Waals surface area contributed by atoms with Crippen molar-refractivity contribution in [2.24, 2.45) is 0 Å². The quantitative estimate of drug-likeness (QED) is 0.174. The minimum Gasteiger partial charge on any atom is -0.490 e. The molecule has 0 aliphatic carbocycles. The summed E-state index contributed by atoms with van der Waals surface area (Å²) in [5.41, 5.74) is 3.00. The first kappa shape index (κ1) is 24.5. The second kappa shape index (κ2) is 10.8. The van der Waals surface area contributed by atoms with Crippen molar-refractivity contribution >= 4 is 69.2 Å². The Morgan fingerprint density at radius 2 is 1.82 bits per heavy atom. The van der Waals surface area contributed by atoms with E-state index in [0.29, 0.717) is 40.5 Å². The van der Waals surface area contributed by atoms with Crippen LogP contribution >= 0.6 is 46.4 Å². The molecule has 8 heteroatoms. The molecule has 1 fully saturated rings. The van der Waals surface area contributed by atoms with Gasteiger partial charge in [-0.1, -0.05) is 41.9 Å². The number of rotatable bonds is 7. The molecule has 0 atom stereocenters. The maximum absolute atomic E-state index is 13.2. The van der Waals surface area contributed by atoms with Gasteiger partial charge in [0.05, 0.1) is 15.9 Å². The molecule has 0 radical (unpaired) electrons. The maximum Gasteiger partial charge on any atom is 0.281 e. The van der Waals surface area contributed by atoms with Crippen LogP contribution in [0.3, 0.4) is 0 Å². The lowest BCUT2D eigenvalue weighted by atomic mass is 10.1. The van der Waals surface area contributed by atoms with Crippen molar-refractivity contribution in [3.63, 3.8) is 0 Å². The van der Waals surface area contributed by atoms with Gasteiger partial charge in [-0.05, 0) is 95.3 Å². The molecule has 1 aliphatic rings. The largest absolute Gasteiger partial charge is 0.490 e. The Bertz CT molecular complexity index is 1270. The molecule has 0 bridgehead atoms. The fraction of sp³-hybridized carbons (Fsp3) is 0.154. The molecule has 0 N–H and O–H groups in total. The molecular formula is C26H22ClIN2O3S. The Kier molecular flexibility index (Phi) is 7.75. The first-order valence-electron chi connectivity index (χ1n) is 10.6. The van der Waals surface area contributed by atoms with Gasteiger partial charge in [-0.25, -0.2) is 0 Å². The fourth-order valence-electron chi connectivity index (χ4n) is 3.58. The highest BCUT2D eigenvalue weighted by Gasteiger charge is 2.36. The van der Waals surface area contributed by atoms with Crippen LogP contribution in [0.15, 0.2) is 72.4 Å². The third-order valence-electron chi connectivity index (χ3n) is 5.18. The second-order valence-electron chi connectivity index (χ2n) is 7.53. The molecule has 5 nitrogen and oxygen atoms in total. The number of hydrogen-bond acceptors (Lipinski definition) is 4.